The van der Waals surface area contributed by atoms with E-state index in [9.17, 15) is 0 Å². The van der Waals surface area contributed by atoms with Gasteiger partial charge in [0.25, 0.3) is 0 Å². The van der Waals surface area contributed by atoms with Gasteiger partial charge in [-0.05, 0) is 36.7 Å². The lowest BCUT2D eigenvalue weighted by atomic mass is 10.2. The first-order valence-corrected chi connectivity index (χ1v) is 6.61. The normalized spacial score (nSPS) is 10.3. The lowest BCUT2D eigenvalue weighted by Crippen LogP contribution is -2.04. The van der Waals surface area contributed by atoms with Crippen molar-refractivity contribution in [2.75, 3.05) is 13.7 Å². The molecule has 1 heterocycles. The first-order chi connectivity index (χ1) is 8.85. The van der Waals surface area contributed by atoms with Crippen LogP contribution in [0.2, 0.25) is 0 Å². The van der Waals surface area contributed by atoms with Crippen LogP contribution in [0.3, 0.4) is 0 Å². The Hall–Kier alpha value is -1.52. The fraction of sp³-hybridized carbons (Fsp3) is 0.214. The number of aromatic nitrogens is 1. The van der Waals surface area contributed by atoms with Gasteiger partial charge in [0.15, 0.2) is 0 Å². The van der Waals surface area contributed by atoms with Crippen molar-refractivity contribution in [3.05, 3.63) is 48.2 Å². The second-order valence-electron chi connectivity index (χ2n) is 3.76. The van der Waals surface area contributed by atoms with Crippen molar-refractivity contribution >= 4 is 11.8 Å². The molecule has 0 aliphatic carbocycles. The van der Waals surface area contributed by atoms with Gasteiger partial charge in [-0.15, -0.1) is 0 Å². The molecule has 0 atom stereocenters. The maximum Gasteiger partial charge on any atom is 0.132 e. The number of benzene rings is 1. The highest BCUT2D eigenvalue weighted by molar-refractivity contribution is 7.99. The Kier molecular flexibility index (Phi) is 4.61. The van der Waals surface area contributed by atoms with Gasteiger partial charge in [-0.3, -0.25) is 0 Å². The van der Waals surface area contributed by atoms with E-state index in [1.807, 2.05) is 30.3 Å². The summed E-state index contributed by atoms with van der Waals surface area (Å²) in [6.45, 7) is 0.630. The summed E-state index contributed by atoms with van der Waals surface area (Å²) in [5, 5.41) is 0.993. The minimum atomic E-state index is 0.630. The van der Waals surface area contributed by atoms with Crippen LogP contribution < -0.4 is 10.5 Å². The number of nitrogens with two attached hydrogens (primary N) is 1. The number of pyridine rings is 1. The molecular weight excluding hydrogens is 244 g/mol. The predicted octanol–water partition coefficient (Wildman–Crippen LogP) is 2.74. The van der Waals surface area contributed by atoms with E-state index in [4.69, 9.17) is 10.5 Å². The van der Waals surface area contributed by atoms with Crippen molar-refractivity contribution in [3.8, 4) is 5.75 Å². The smallest absolute Gasteiger partial charge is 0.132 e. The molecule has 0 spiro atoms. The van der Waals surface area contributed by atoms with E-state index >= 15 is 0 Å². The fourth-order valence-corrected chi connectivity index (χ4v) is 2.69. The SMILES string of the molecule is COc1ccccc1Sc1ncccc1CCN. The third-order valence-corrected chi connectivity index (χ3v) is 3.66. The predicted molar refractivity (Wildman–Crippen MR) is 74.1 cm³/mol. The molecule has 3 nitrogen and oxygen atoms in total. The van der Waals surface area contributed by atoms with Crippen molar-refractivity contribution in [3.63, 3.8) is 0 Å². The Bertz CT molecular complexity index is 517. The minimum absolute atomic E-state index is 0.630. The maximum absolute atomic E-state index is 5.62. The number of para-hydroxylation sites is 1. The summed E-state index contributed by atoms with van der Waals surface area (Å²) >= 11 is 1.61. The van der Waals surface area contributed by atoms with Crippen LogP contribution in [0.4, 0.5) is 0 Å². The van der Waals surface area contributed by atoms with E-state index < -0.39 is 0 Å². The first-order valence-electron chi connectivity index (χ1n) is 5.80. The van der Waals surface area contributed by atoms with Crippen LogP contribution in [-0.2, 0) is 6.42 Å². The van der Waals surface area contributed by atoms with Crippen molar-refractivity contribution in [1.29, 1.82) is 0 Å². The van der Waals surface area contributed by atoms with Crippen LogP contribution in [0.25, 0.3) is 0 Å². The summed E-state index contributed by atoms with van der Waals surface area (Å²) in [6, 6.07) is 12.0. The molecule has 0 aliphatic heterocycles. The molecule has 0 amide bonds. The molecule has 0 saturated carbocycles. The highest BCUT2D eigenvalue weighted by Crippen LogP contribution is 2.35. The molecule has 0 bridgehead atoms. The fourth-order valence-electron chi connectivity index (χ4n) is 1.67. The average molecular weight is 260 g/mol. The van der Waals surface area contributed by atoms with Gasteiger partial charge in [-0.2, -0.15) is 0 Å². The van der Waals surface area contributed by atoms with Gasteiger partial charge in [0, 0.05) is 6.20 Å². The van der Waals surface area contributed by atoms with Crippen molar-refractivity contribution in [1.82, 2.24) is 4.98 Å². The molecule has 94 valence electrons. The topological polar surface area (TPSA) is 48.1 Å². The van der Waals surface area contributed by atoms with Crippen LogP contribution in [-0.4, -0.2) is 18.6 Å². The third kappa shape index (κ3) is 3.03. The van der Waals surface area contributed by atoms with Gasteiger partial charge in [0.05, 0.1) is 12.0 Å². The summed E-state index contributed by atoms with van der Waals surface area (Å²) in [5.41, 5.74) is 6.79. The van der Waals surface area contributed by atoms with Crippen LogP contribution >= 0.6 is 11.8 Å². The molecule has 1 aromatic carbocycles. The average Bonchev–Trinajstić information content (AvgIpc) is 2.42. The zero-order valence-electron chi connectivity index (χ0n) is 10.3. The van der Waals surface area contributed by atoms with Crippen molar-refractivity contribution < 1.29 is 4.74 Å². The molecule has 0 aliphatic rings. The van der Waals surface area contributed by atoms with Gasteiger partial charge < -0.3 is 10.5 Å². The number of ether oxygens (including phenoxy) is 1. The molecule has 0 saturated heterocycles. The standard InChI is InChI=1S/C14H16N2OS/c1-17-12-6-2-3-7-13(12)18-14-11(8-9-15)5-4-10-16-14/h2-7,10H,8-9,15H2,1H3. The molecule has 2 aromatic rings. The highest BCUT2D eigenvalue weighted by Gasteiger charge is 2.08. The zero-order valence-corrected chi connectivity index (χ0v) is 11.1. The number of hydrogen-bond donors (Lipinski definition) is 1. The molecule has 4 heteroatoms. The lowest BCUT2D eigenvalue weighted by molar-refractivity contribution is 0.405. The number of hydrogen-bond acceptors (Lipinski definition) is 4. The second kappa shape index (κ2) is 6.42. The largest absolute Gasteiger partial charge is 0.496 e. The summed E-state index contributed by atoms with van der Waals surface area (Å²) in [4.78, 5) is 5.49. The summed E-state index contributed by atoms with van der Waals surface area (Å²) < 4.78 is 5.34. The molecule has 1 aromatic heterocycles. The Morgan fingerprint density at radius 1 is 1.22 bits per heavy atom. The third-order valence-electron chi connectivity index (χ3n) is 2.54. The molecule has 0 fully saturated rings. The number of methoxy groups -OCH3 is 1. The van der Waals surface area contributed by atoms with Crippen molar-refractivity contribution in [2.45, 2.75) is 16.3 Å². The van der Waals surface area contributed by atoms with E-state index in [2.05, 4.69) is 11.1 Å². The number of rotatable bonds is 5. The van der Waals surface area contributed by atoms with Gasteiger partial charge >= 0.3 is 0 Å². The summed E-state index contributed by atoms with van der Waals surface area (Å²) in [7, 11) is 1.68. The molecular formula is C14H16N2OS. The molecule has 2 rings (SSSR count). The molecule has 0 radical (unpaired) electrons. The van der Waals surface area contributed by atoms with Gasteiger partial charge in [0.2, 0.25) is 0 Å². The van der Waals surface area contributed by atoms with Gasteiger partial charge in [-0.25, -0.2) is 4.98 Å². The Morgan fingerprint density at radius 2 is 2.06 bits per heavy atom. The van der Waals surface area contributed by atoms with E-state index in [0.717, 1.165) is 22.1 Å². The van der Waals surface area contributed by atoms with Crippen LogP contribution in [0, 0.1) is 0 Å². The van der Waals surface area contributed by atoms with Crippen LogP contribution in [0.15, 0.2) is 52.5 Å². The van der Waals surface area contributed by atoms with Gasteiger partial charge in [-0.1, -0.05) is 30.0 Å². The summed E-state index contributed by atoms with van der Waals surface area (Å²) in [6.07, 6.45) is 2.64. The molecule has 2 N–H and O–H groups in total. The number of nitrogens with zero attached hydrogens (tertiary/aromatic N) is 1. The van der Waals surface area contributed by atoms with E-state index in [1.54, 1.807) is 25.1 Å². The Labute approximate surface area is 111 Å². The summed E-state index contributed by atoms with van der Waals surface area (Å²) in [5.74, 6) is 0.867. The van der Waals surface area contributed by atoms with Crippen molar-refractivity contribution in [2.24, 2.45) is 5.73 Å². The second-order valence-corrected chi connectivity index (χ2v) is 4.79. The first kappa shape index (κ1) is 12.9. The lowest BCUT2D eigenvalue weighted by Gasteiger charge is -2.09. The Morgan fingerprint density at radius 3 is 2.83 bits per heavy atom. The quantitative estimate of drug-likeness (QED) is 0.898. The highest BCUT2D eigenvalue weighted by atomic mass is 32.2. The van der Waals surface area contributed by atoms with E-state index in [-0.39, 0.29) is 0 Å². The van der Waals surface area contributed by atoms with Crippen LogP contribution in [0.5, 0.6) is 5.75 Å². The van der Waals surface area contributed by atoms with E-state index in [1.165, 1.54) is 5.56 Å². The van der Waals surface area contributed by atoms with Gasteiger partial charge in [0.1, 0.15) is 10.8 Å². The maximum atomic E-state index is 5.62. The van der Waals surface area contributed by atoms with E-state index in [0.29, 0.717) is 6.54 Å². The van der Waals surface area contributed by atoms with Crippen LogP contribution in [0.1, 0.15) is 5.56 Å². The minimum Gasteiger partial charge on any atom is -0.496 e. The zero-order chi connectivity index (χ0) is 12.8. The molecule has 18 heavy (non-hydrogen) atoms. The Balaban J connectivity index is 2.28. The monoisotopic (exact) mass is 260 g/mol. The molecule has 0 unspecified atom stereocenters.